The highest BCUT2D eigenvalue weighted by molar-refractivity contribution is 7.99. The Bertz CT molecular complexity index is 425. The fourth-order valence-corrected chi connectivity index (χ4v) is 2.95. The van der Waals surface area contributed by atoms with E-state index in [0.717, 1.165) is 4.90 Å². The van der Waals surface area contributed by atoms with Crippen molar-refractivity contribution in [1.29, 1.82) is 0 Å². The second-order valence-corrected chi connectivity index (χ2v) is 6.14. The van der Waals surface area contributed by atoms with Crippen molar-refractivity contribution in [2.45, 2.75) is 37.2 Å². The van der Waals surface area contributed by atoms with Crippen LogP contribution < -0.4 is 11.1 Å². The highest BCUT2D eigenvalue weighted by Gasteiger charge is 2.31. The summed E-state index contributed by atoms with van der Waals surface area (Å²) in [5.41, 5.74) is 4.74. The monoisotopic (exact) mass is 286 g/mol. The molecule has 0 fully saturated rings. The summed E-state index contributed by atoms with van der Waals surface area (Å²) in [4.78, 5) is 12.5. The summed E-state index contributed by atoms with van der Waals surface area (Å²) in [6.45, 7) is 5.79. The number of carbonyl (C=O) groups is 1. The van der Waals surface area contributed by atoms with Crippen molar-refractivity contribution in [3.05, 3.63) is 29.3 Å². The van der Waals surface area contributed by atoms with Crippen LogP contribution in [-0.4, -0.2) is 23.2 Å². The number of thioether (sulfide) groups is 1. The molecule has 0 aliphatic heterocycles. The minimum Gasteiger partial charge on any atom is -0.368 e. The molecule has 0 aliphatic rings. The molecule has 0 heterocycles. The molecule has 0 saturated carbocycles. The van der Waals surface area contributed by atoms with Crippen LogP contribution in [0.5, 0.6) is 0 Å². The number of halogens is 1. The molecule has 100 valence electrons. The zero-order valence-corrected chi connectivity index (χ0v) is 12.4. The molecule has 1 unspecified atom stereocenters. The molecule has 1 atom stereocenters. The van der Waals surface area contributed by atoms with E-state index in [9.17, 15) is 4.79 Å². The van der Waals surface area contributed by atoms with Crippen LogP contribution >= 0.6 is 23.4 Å². The van der Waals surface area contributed by atoms with E-state index in [1.165, 1.54) is 11.8 Å². The average Bonchev–Trinajstić information content (AvgIpc) is 2.27. The Morgan fingerprint density at radius 2 is 2.11 bits per heavy atom. The van der Waals surface area contributed by atoms with Crippen molar-refractivity contribution in [3.8, 4) is 0 Å². The van der Waals surface area contributed by atoms with Gasteiger partial charge in [0.05, 0.1) is 5.02 Å². The molecule has 1 aromatic rings. The molecule has 3 nitrogen and oxygen atoms in total. The fourth-order valence-electron chi connectivity index (χ4n) is 1.60. The maximum absolute atomic E-state index is 11.6. The van der Waals surface area contributed by atoms with Gasteiger partial charge < -0.3 is 11.1 Å². The Morgan fingerprint density at radius 3 is 2.61 bits per heavy atom. The first-order valence-electron chi connectivity index (χ1n) is 5.80. The second kappa shape index (κ2) is 6.45. The molecular weight excluding hydrogens is 268 g/mol. The predicted octanol–water partition coefficient (Wildman–Crippen LogP) is 2.67. The lowest BCUT2D eigenvalue weighted by atomic mass is 10.0. The van der Waals surface area contributed by atoms with Gasteiger partial charge >= 0.3 is 0 Å². The van der Waals surface area contributed by atoms with Crippen molar-refractivity contribution >= 4 is 29.3 Å². The number of rotatable bonds is 6. The predicted molar refractivity (Wildman–Crippen MR) is 78.0 cm³/mol. The van der Waals surface area contributed by atoms with Crippen molar-refractivity contribution in [2.24, 2.45) is 5.73 Å². The molecule has 1 rings (SSSR count). The van der Waals surface area contributed by atoms with Crippen molar-refractivity contribution in [2.75, 3.05) is 5.75 Å². The highest BCUT2D eigenvalue weighted by atomic mass is 35.5. The average molecular weight is 287 g/mol. The molecular formula is C13H19ClN2OS. The summed E-state index contributed by atoms with van der Waals surface area (Å²) < 4.78 is 0. The van der Waals surface area contributed by atoms with E-state index in [1.807, 2.05) is 45.0 Å². The van der Waals surface area contributed by atoms with E-state index in [4.69, 9.17) is 17.3 Å². The van der Waals surface area contributed by atoms with Gasteiger partial charge in [-0.1, -0.05) is 23.7 Å². The molecule has 5 heteroatoms. The molecule has 0 aliphatic carbocycles. The smallest absolute Gasteiger partial charge is 0.238 e. The van der Waals surface area contributed by atoms with E-state index < -0.39 is 5.54 Å². The lowest BCUT2D eigenvalue weighted by Gasteiger charge is -2.29. The molecule has 3 N–H and O–H groups in total. The topological polar surface area (TPSA) is 55.1 Å². The van der Waals surface area contributed by atoms with E-state index in [2.05, 4.69) is 5.32 Å². The van der Waals surface area contributed by atoms with Gasteiger partial charge in [0.15, 0.2) is 0 Å². The first-order valence-corrected chi connectivity index (χ1v) is 7.16. The molecule has 0 spiro atoms. The van der Waals surface area contributed by atoms with E-state index in [-0.39, 0.29) is 11.9 Å². The van der Waals surface area contributed by atoms with Gasteiger partial charge in [0.1, 0.15) is 5.54 Å². The third-order valence-electron chi connectivity index (χ3n) is 2.50. The molecule has 0 bridgehead atoms. The van der Waals surface area contributed by atoms with Gasteiger partial charge in [-0.05, 0) is 32.9 Å². The number of amides is 1. The zero-order chi connectivity index (χ0) is 13.8. The number of carbonyl (C=O) groups excluding carboxylic acids is 1. The largest absolute Gasteiger partial charge is 0.368 e. The number of nitrogens with one attached hydrogen (secondary N) is 1. The van der Waals surface area contributed by atoms with Crippen molar-refractivity contribution in [3.63, 3.8) is 0 Å². The van der Waals surface area contributed by atoms with E-state index in [1.54, 1.807) is 0 Å². The summed E-state index contributed by atoms with van der Waals surface area (Å²) in [5.74, 6) is 0.195. The van der Waals surface area contributed by atoms with Crippen LogP contribution in [0, 0.1) is 0 Å². The molecule has 1 aromatic carbocycles. The standard InChI is InChI=1S/C13H19ClN2OS/c1-9(2)16-13(3,12(15)17)8-18-11-7-5-4-6-10(11)14/h4-7,9,16H,8H2,1-3H3,(H2,15,17). The summed E-state index contributed by atoms with van der Waals surface area (Å²) in [6, 6.07) is 7.76. The minimum absolute atomic E-state index is 0.189. The first kappa shape index (κ1) is 15.3. The number of primary amides is 1. The van der Waals surface area contributed by atoms with Crippen LogP contribution in [0.3, 0.4) is 0 Å². The fraction of sp³-hybridized carbons (Fsp3) is 0.462. The molecule has 0 aromatic heterocycles. The SMILES string of the molecule is CC(C)NC(C)(CSc1ccccc1Cl)C(N)=O. The van der Waals surface area contributed by atoms with Crippen LogP contribution in [0.15, 0.2) is 29.2 Å². The Morgan fingerprint density at radius 1 is 1.50 bits per heavy atom. The van der Waals surface area contributed by atoms with E-state index >= 15 is 0 Å². The number of hydrogen-bond donors (Lipinski definition) is 2. The quantitative estimate of drug-likeness (QED) is 0.791. The van der Waals surface area contributed by atoms with Crippen LogP contribution in [-0.2, 0) is 4.79 Å². The van der Waals surface area contributed by atoms with Crippen LogP contribution in [0.25, 0.3) is 0 Å². The Labute approximate surface area is 117 Å². The maximum atomic E-state index is 11.6. The molecule has 18 heavy (non-hydrogen) atoms. The highest BCUT2D eigenvalue weighted by Crippen LogP contribution is 2.29. The first-order chi connectivity index (χ1) is 8.35. The number of benzene rings is 1. The van der Waals surface area contributed by atoms with Gasteiger partial charge in [0.25, 0.3) is 0 Å². The summed E-state index contributed by atoms with van der Waals surface area (Å²) in [5, 5.41) is 3.90. The van der Waals surface area contributed by atoms with Crippen LogP contribution in [0.2, 0.25) is 5.02 Å². The lowest BCUT2D eigenvalue weighted by molar-refractivity contribution is -0.123. The maximum Gasteiger partial charge on any atom is 0.238 e. The number of hydrogen-bond acceptors (Lipinski definition) is 3. The Kier molecular flexibility index (Phi) is 5.50. The molecule has 0 radical (unpaired) electrons. The van der Waals surface area contributed by atoms with Gasteiger partial charge in [-0.15, -0.1) is 11.8 Å². The normalized spacial score (nSPS) is 14.5. The van der Waals surface area contributed by atoms with Crippen LogP contribution in [0.1, 0.15) is 20.8 Å². The third kappa shape index (κ3) is 4.19. The number of nitrogens with two attached hydrogens (primary N) is 1. The lowest BCUT2D eigenvalue weighted by Crippen LogP contribution is -2.57. The Balaban J connectivity index is 2.75. The van der Waals surface area contributed by atoms with Crippen molar-refractivity contribution in [1.82, 2.24) is 5.32 Å². The van der Waals surface area contributed by atoms with Crippen molar-refractivity contribution < 1.29 is 4.79 Å². The molecule has 0 saturated heterocycles. The van der Waals surface area contributed by atoms with Gasteiger partial charge in [-0.3, -0.25) is 4.79 Å². The van der Waals surface area contributed by atoms with Gasteiger partial charge in [0, 0.05) is 16.7 Å². The van der Waals surface area contributed by atoms with Gasteiger partial charge in [-0.2, -0.15) is 0 Å². The van der Waals surface area contributed by atoms with E-state index in [0.29, 0.717) is 10.8 Å². The summed E-state index contributed by atoms with van der Waals surface area (Å²) >= 11 is 7.61. The summed E-state index contributed by atoms with van der Waals surface area (Å²) in [6.07, 6.45) is 0. The second-order valence-electron chi connectivity index (χ2n) is 4.71. The zero-order valence-electron chi connectivity index (χ0n) is 10.9. The minimum atomic E-state index is -0.738. The molecule has 1 amide bonds. The van der Waals surface area contributed by atoms with Gasteiger partial charge in [0.2, 0.25) is 5.91 Å². The van der Waals surface area contributed by atoms with Crippen LogP contribution in [0.4, 0.5) is 0 Å². The summed E-state index contributed by atoms with van der Waals surface area (Å²) in [7, 11) is 0. The van der Waals surface area contributed by atoms with Gasteiger partial charge in [-0.25, -0.2) is 0 Å². The Hall–Kier alpha value is -0.710. The third-order valence-corrected chi connectivity index (χ3v) is 4.33.